The SMILES string of the molecule is CCCCC(C=CC=O)CC=C(C)C. The molecule has 0 amide bonds. The Morgan fingerprint density at radius 1 is 1.36 bits per heavy atom. The second-order valence-electron chi connectivity index (χ2n) is 3.94. The van der Waals surface area contributed by atoms with E-state index in [-0.39, 0.29) is 0 Å². The molecule has 0 aliphatic carbocycles. The second-order valence-corrected chi connectivity index (χ2v) is 3.94. The zero-order valence-corrected chi connectivity index (χ0v) is 9.62. The molecule has 1 nitrogen and oxygen atoms in total. The van der Waals surface area contributed by atoms with Gasteiger partial charge in [0, 0.05) is 0 Å². The summed E-state index contributed by atoms with van der Waals surface area (Å²) in [6.07, 6.45) is 11.5. The average molecular weight is 194 g/mol. The molecule has 1 atom stereocenters. The van der Waals surface area contributed by atoms with E-state index in [1.807, 2.05) is 6.08 Å². The Balaban J connectivity index is 4.02. The molecule has 1 heteroatoms. The second kappa shape index (κ2) is 8.74. The van der Waals surface area contributed by atoms with Gasteiger partial charge in [0.15, 0.2) is 0 Å². The molecule has 0 aliphatic heterocycles. The van der Waals surface area contributed by atoms with E-state index >= 15 is 0 Å². The number of unbranched alkanes of at least 4 members (excludes halogenated alkanes) is 1. The maximum absolute atomic E-state index is 10.2. The number of carbonyl (C=O) groups is 1. The summed E-state index contributed by atoms with van der Waals surface area (Å²) in [7, 11) is 0. The van der Waals surface area contributed by atoms with Crippen LogP contribution in [-0.4, -0.2) is 6.29 Å². The van der Waals surface area contributed by atoms with Gasteiger partial charge in [0.05, 0.1) is 0 Å². The predicted molar refractivity (Wildman–Crippen MR) is 62.3 cm³/mol. The summed E-state index contributed by atoms with van der Waals surface area (Å²) in [5, 5.41) is 0. The third kappa shape index (κ3) is 7.78. The number of allylic oxidation sites excluding steroid dienone is 4. The molecule has 0 aromatic heterocycles. The minimum absolute atomic E-state index is 0.537. The highest BCUT2D eigenvalue weighted by Crippen LogP contribution is 2.15. The Labute approximate surface area is 87.9 Å². The van der Waals surface area contributed by atoms with Crippen molar-refractivity contribution >= 4 is 6.29 Å². The zero-order valence-electron chi connectivity index (χ0n) is 9.62. The molecular formula is C13H22O. The number of rotatable bonds is 7. The quantitative estimate of drug-likeness (QED) is 0.341. The Hall–Kier alpha value is -0.850. The average Bonchev–Trinajstić information content (AvgIpc) is 2.16. The normalized spacial score (nSPS) is 12.8. The number of aldehydes is 1. The maximum atomic E-state index is 10.2. The summed E-state index contributed by atoms with van der Waals surface area (Å²) in [4.78, 5) is 10.2. The molecule has 1 unspecified atom stereocenters. The third-order valence-electron chi connectivity index (χ3n) is 2.22. The molecule has 0 fully saturated rings. The molecule has 0 aromatic carbocycles. The smallest absolute Gasteiger partial charge is 0.142 e. The van der Waals surface area contributed by atoms with Crippen LogP contribution in [0.25, 0.3) is 0 Å². The molecule has 0 N–H and O–H groups in total. The van der Waals surface area contributed by atoms with E-state index in [2.05, 4.69) is 26.8 Å². The number of carbonyl (C=O) groups excluding carboxylic acids is 1. The van der Waals surface area contributed by atoms with Gasteiger partial charge in [-0.3, -0.25) is 4.79 Å². The highest BCUT2D eigenvalue weighted by Gasteiger charge is 2.01. The summed E-state index contributed by atoms with van der Waals surface area (Å²) >= 11 is 0. The molecule has 0 aliphatic rings. The van der Waals surface area contributed by atoms with Gasteiger partial charge in [-0.2, -0.15) is 0 Å². The first-order valence-electron chi connectivity index (χ1n) is 5.46. The summed E-state index contributed by atoms with van der Waals surface area (Å²) in [6, 6.07) is 0. The van der Waals surface area contributed by atoms with Crippen LogP contribution in [-0.2, 0) is 4.79 Å². The van der Waals surface area contributed by atoms with Crippen LogP contribution in [0.4, 0.5) is 0 Å². The standard InChI is InChI=1S/C13H22O/c1-4-5-7-13(8-6-11-14)10-9-12(2)3/h6,8-9,11,13H,4-5,7,10H2,1-3H3. The van der Waals surface area contributed by atoms with Crippen LogP contribution in [0.15, 0.2) is 23.8 Å². The maximum Gasteiger partial charge on any atom is 0.142 e. The summed E-state index contributed by atoms with van der Waals surface area (Å²) in [5.74, 6) is 0.537. The number of hydrogen-bond acceptors (Lipinski definition) is 1. The Bertz CT molecular complexity index is 197. The van der Waals surface area contributed by atoms with Crippen LogP contribution >= 0.6 is 0 Å². The van der Waals surface area contributed by atoms with Crippen molar-refractivity contribution in [2.45, 2.75) is 46.5 Å². The van der Waals surface area contributed by atoms with Crippen molar-refractivity contribution in [2.75, 3.05) is 0 Å². The monoisotopic (exact) mass is 194 g/mol. The van der Waals surface area contributed by atoms with Gasteiger partial charge >= 0.3 is 0 Å². The van der Waals surface area contributed by atoms with Gasteiger partial charge in [-0.1, -0.05) is 37.5 Å². The molecule has 0 bridgehead atoms. The van der Waals surface area contributed by atoms with Crippen LogP contribution < -0.4 is 0 Å². The van der Waals surface area contributed by atoms with Gasteiger partial charge in [-0.15, -0.1) is 0 Å². The lowest BCUT2D eigenvalue weighted by molar-refractivity contribution is -0.104. The minimum Gasteiger partial charge on any atom is -0.299 e. The first-order valence-corrected chi connectivity index (χ1v) is 5.46. The molecule has 14 heavy (non-hydrogen) atoms. The van der Waals surface area contributed by atoms with E-state index < -0.39 is 0 Å². The van der Waals surface area contributed by atoms with Crippen LogP contribution in [0.3, 0.4) is 0 Å². The molecule has 80 valence electrons. The summed E-state index contributed by atoms with van der Waals surface area (Å²) < 4.78 is 0. The summed E-state index contributed by atoms with van der Waals surface area (Å²) in [5.41, 5.74) is 1.35. The van der Waals surface area contributed by atoms with Gasteiger partial charge in [-0.05, 0) is 38.7 Å². The van der Waals surface area contributed by atoms with Crippen LogP contribution in [0, 0.1) is 5.92 Å². The molecule has 0 aromatic rings. The van der Waals surface area contributed by atoms with Crippen molar-refractivity contribution < 1.29 is 4.79 Å². The topological polar surface area (TPSA) is 17.1 Å². The fourth-order valence-corrected chi connectivity index (χ4v) is 1.35. The van der Waals surface area contributed by atoms with Crippen molar-refractivity contribution in [2.24, 2.45) is 5.92 Å². The van der Waals surface area contributed by atoms with Gasteiger partial charge < -0.3 is 0 Å². The lowest BCUT2D eigenvalue weighted by Gasteiger charge is -2.09. The van der Waals surface area contributed by atoms with E-state index in [1.54, 1.807) is 6.08 Å². The fraction of sp³-hybridized carbons (Fsp3) is 0.615. The van der Waals surface area contributed by atoms with Crippen molar-refractivity contribution in [1.29, 1.82) is 0 Å². The first kappa shape index (κ1) is 13.2. The molecule has 0 saturated heterocycles. The third-order valence-corrected chi connectivity index (χ3v) is 2.22. The largest absolute Gasteiger partial charge is 0.299 e. The van der Waals surface area contributed by atoms with E-state index in [0.29, 0.717) is 5.92 Å². The predicted octanol–water partition coefficient (Wildman–Crippen LogP) is 3.90. The molecule has 0 spiro atoms. The van der Waals surface area contributed by atoms with Gasteiger partial charge in [0.25, 0.3) is 0 Å². The lowest BCUT2D eigenvalue weighted by atomic mass is 9.97. The zero-order chi connectivity index (χ0) is 10.8. The van der Waals surface area contributed by atoms with Gasteiger partial charge in [0.2, 0.25) is 0 Å². The van der Waals surface area contributed by atoms with Crippen LogP contribution in [0.1, 0.15) is 46.5 Å². The number of hydrogen-bond donors (Lipinski definition) is 0. The van der Waals surface area contributed by atoms with Crippen LogP contribution in [0.5, 0.6) is 0 Å². The van der Waals surface area contributed by atoms with Crippen molar-refractivity contribution in [3.05, 3.63) is 23.8 Å². The highest BCUT2D eigenvalue weighted by molar-refractivity contribution is 5.64. The fourth-order valence-electron chi connectivity index (χ4n) is 1.35. The van der Waals surface area contributed by atoms with E-state index in [9.17, 15) is 4.79 Å². The Kier molecular flexibility index (Phi) is 8.20. The molecule has 0 heterocycles. The molecule has 0 rings (SSSR count). The highest BCUT2D eigenvalue weighted by atomic mass is 16.1. The van der Waals surface area contributed by atoms with Crippen molar-refractivity contribution in [1.82, 2.24) is 0 Å². The minimum atomic E-state index is 0.537. The first-order chi connectivity index (χ1) is 6.70. The van der Waals surface area contributed by atoms with Gasteiger partial charge in [0.1, 0.15) is 6.29 Å². The van der Waals surface area contributed by atoms with Crippen molar-refractivity contribution in [3.63, 3.8) is 0 Å². The Morgan fingerprint density at radius 3 is 2.57 bits per heavy atom. The van der Waals surface area contributed by atoms with E-state index in [4.69, 9.17) is 0 Å². The van der Waals surface area contributed by atoms with Gasteiger partial charge in [-0.25, -0.2) is 0 Å². The lowest BCUT2D eigenvalue weighted by Crippen LogP contribution is -1.95. The molecular weight excluding hydrogens is 172 g/mol. The molecule has 0 saturated carbocycles. The van der Waals surface area contributed by atoms with E-state index in [0.717, 1.165) is 12.7 Å². The summed E-state index contributed by atoms with van der Waals surface area (Å²) in [6.45, 7) is 6.42. The van der Waals surface area contributed by atoms with Crippen molar-refractivity contribution in [3.8, 4) is 0 Å². The molecule has 0 radical (unpaired) electrons. The van der Waals surface area contributed by atoms with Crippen LogP contribution in [0.2, 0.25) is 0 Å². The Morgan fingerprint density at radius 2 is 2.07 bits per heavy atom. The van der Waals surface area contributed by atoms with E-state index in [1.165, 1.54) is 24.8 Å².